The first-order valence-corrected chi connectivity index (χ1v) is 6.77. The molecule has 1 aliphatic rings. The zero-order valence-electron chi connectivity index (χ0n) is 8.48. The molecule has 4 nitrogen and oxygen atoms in total. The number of ether oxygens (including phenoxy) is 1. The van der Waals surface area contributed by atoms with Gasteiger partial charge in [-0.25, -0.2) is 8.42 Å². The Labute approximate surface area is 85.2 Å². The van der Waals surface area contributed by atoms with Crippen molar-refractivity contribution in [3.8, 4) is 0 Å². The highest BCUT2D eigenvalue weighted by Gasteiger charge is 2.34. The van der Waals surface area contributed by atoms with Gasteiger partial charge in [0.25, 0.3) is 0 Å². The van der Waals surface area contributed by atoms with Gasteiger partial charge in [-0.3, -0.25) is 0 Å². The summed E-state index contributed by atoms with van der Waals surface area (Å²) < 4.78 is 28.2. The molecule has 14 heavy (non-hydrogen) atoms. The van der Waals surface area contributed by atoms with Crippen LogP contribution in [-0.4, -0.2) is 43.8 Å². The summed E-state index contributed by atoms with van der Waals surface area (Å²) in [5.74, 6) is 0.209. The van der Waals surface area contributed by atoms with Crippen molar-refractivity contribution in [1.29, 1.82) is 0 Å². The number of aliphatic hydroxyl groups is 1. The lowest BCUT2D eigenvalue weighted by Crippen LogP contribution is -2.40. The molecule has 0 spiro atoms. The Balaban J connectivity index is 2.56. The van der Waals surface area contributed by atoms with Crippen LogP contribution in [0, 0.1) is 0 Å². The molecule has 2 atom stereocenters. The van der Waals surface area contributed by atoms with Gasteiger partial charge in [-0.2, -0.15) is 0 Å². The molecule has 0 aromatic rings. The topological polar surface area (TPSA) is 63.6 Å². The van der Waals surface area contributed by atoms with E-state index in [9.17, 15) is 13.5 Å². The molecule has 0 aromatic heterocycles. The first-order chi connectivity index (χ1) is 6.58. The van der Waals surface area contributed by atoms with Gasteiger partial charge in [-0.15, -0.1) is 0 Å². The van der Waals surface area contributed by atoms with E-state index in [1.54, 1.807) is 0 Å². The average Bonchev–Trinajstić information content (AvgIpc) is 2.13. The van der Waals surface area contributed by atoms with Crippen molar-refractivity contribution in [2.45, 2.75) is 37.5 Å². The predicted octanol–water partition coefficient (Wildman–Crippen LogP) is 0.351. The molecule has 1 aliphatic heterocycles. The number of hydrogen-bond donors (Lipinski definition) is 1. The Morgan fingerprint density at radius 3 is 2.79 bits per heavy atom. The van der Waals surface area contributed by atoms with Gasteiger partial charge in [0.2, 0.25) is 0 Å². The number of rotatable bonds is 4. The van der Waals surface area contributed by atoms with Crippen molar-refractivity contribution in [3.05, 3.63) is 0 Å². The summed E-state index contributed by atoms with van der Waals surface area (Å²) in [6.45, 7) is 2.45. The molecule has 0 aromatic carbocycles. The molecule has 1 fully saturated rings. The van der Waals surface area contributed by atoms with Crippen LogP contribution in [0.1, 0.15) is 26.2 Å². The second-order valence-corrected chi connectivity index (χ2v) is 5.97. The van der Waals surface area contributed by atoms with Gasteiger partial charge >= 0.3 is 0 Å². The minimum absolute atomic E-state index is 0.125. The SMILES string of the molecule is CCOCC(O)C1CCCCS1(=O)=O. The van der Waals surface area contributed by atoms with Crippen LogP contribution in [0.5, 0.6) is 0 Å². The van der Waals surface area contributed by atoms with Crippen LogP contribution in [0.25, 0.3) is 0 Å². The standard InChI is InChI=1S/C9H18O4S/c1-2-13-7-8(10)9-5-3-4-6-14(9,11)12/h8-10H,2-7H2,1H3. The third-order valence-electron chi connectivity index (χ3n) is 2.55. The van der Waals surface area contributed by atoms with E-state index in [1.165, 1.54) is 0 Å². The van der Waals surface area contributed by atoms with E-state index in [0.29, 0.717) is 13.0 Å². The quantitative estimate of drug-likeness (QED) is 0.745. The van der Waals surface area contributed by atoms with Crippen LogP contribution in [0.2, 0.25) is 0 Å². The van der Waals surface area contributed by atoms with Crippen LogP contribution in [-0.2, 0) is 14.6 Å². The third kappa shape index (κ3) is 2.93. The van der Waals surface area contributed by atoms with E-state index in [1.807, 2.05) is 6.92 Å². The zero-order chi connectivity index (χ0) is 10.6. The van der Waals surface area contributed by atoms with Crippen LogP contribution >= 0.6 is 0 Å². The minimum Gasteiger partial charge on any atom is -0.389 e. The van der Waals surface area contributed by atoms with Crippen LogP contribution < -0.4 is 0 Å². The molecule has 1 rings (SSSR count). The molecule has 0 saturated carbocycles. The minimum atomic E-state index is -3.08. The van der Waals surface area contributed by atoms with Crippen LogP contribution in [0.4, 0.5) is 0 Å². The Kier molecular flexibility index (Phi) is 4.34. The van der Waals surface area contributed by atoms with Gasteiger partial charge in [-0.1, -0.05) is 6.42 Å². The van der Waals surface area contributed by atoms with Crippen molar-refractivity contribution in [1.82, 2.24) is 0 Å². The third-order valence-corrected chi connectivity index (χ3v) is 4.88. The van der Waals surface area contributed by atoms with E-state index in [2.05, 4.69) is 0 Å². The predicted molar refractivity (Wildman–Crippen MR) is 53.9 cm³/mol. The molecular weight excluding hydrogens is 204 g/mol. The van der Waals surface area contributed by atoms with E-state index < -0.39 is 21.2 Å². The Morgan fingerprint density at radius 1 is 1.50 bits per heavy atom. The molecule has 0 bridgehead atoms. The number of aliphatic hydroxyl groups excluding tert-OH is 1. The van der Waals surface area contributed by atoms with Gasteiger partial charge in [0.05, 0.1) is 23.7 Å². The van der Waals surface area contributed by atoms with Gasteiger partial charge in [0.1, 0.15) is 0 Å². The van der Waals surface area contributed by atoms with E-state index in [0.717, 1.165) is 12.8 Å². The summed E-state index contributed by atoms with van der Waals surface area (Å²) in [7, 11) is -3.08. The summed E-state index contributed by atoms with van der Waals surface area (Å²) in [5, 5.41) is 9.03. The van der Waals surface area contributed by atoms with Crippen molar-refractivity contribution in [3.63, 3.8) is 0 Å². The fraction of sp³-hybridized carbons (Fsp3) is 1.00. The van der Waals surface area contributed by atoms with Crippen LogP contribution in [0.3, 0.4) is 0 Å². The molecule has 0 amide bonds. The summed E-state index contributed by atoms with van der Waals surface area (Å²) in [6, 6.07) is 0. The summed E-state index contributed by atoms with van der Waals surface area (Å²) in [6.07, 6.45) is 1.31. The second kappa shape index (κ2) is 5.09. The zero-order valence-corrected chi connectivity index (χ0v) is 9.29. The summed E-state index contributed by atoms with van der Waals surface area (Å²) >= 11 is 0. The smallest absolute Gasteiger partial charge is 0.155 e. The molecule has 84 valence electrons. The molecular formula is C9H18O4S. The van der Waals surface area contributed by atoms with Crippen molar-refractivity contribution in [2.75, 3.05) is 19.0 Å². The first-order valence-electron chi connectivity index (χ1n) is 5.05. The Bertz CT molecular complexity index is 260. The van der Waals surface area contributed by atoms with Crippen molar-refractivity contribution < 1.29 is 18.3 Å². The lowest BCUT2D eigenvalue weighted by molar-refractivity contribution is 0.0381. The Morgan fingerprint density at radius 2 is 2.21 bits per heavy atom. The fourth-order valence-electron chi connectivity index (χ4n) is 1.76. The first kappa shape index (κ1) is 11.9. The number of hydrogen-bond acceptors (Lipinski definition) is 4. The molecule has 1 N–H and O–H groups in total. The molecule has 2 unspecified atom stereocenters. The highest BCUT2D eigenvalue weighted by Crippen LogP contribution is 2.22. The monoisotopic (exact) mass is 222 g/mol. The highest BCUT2D eigenvalue weighted by atomic mass is 32.2. The molecule has 0 radical (unpaired) electrons. The molecule has 1 heterocycles. The van der Waals surface area contributed by atoms with E-state index in [-0.39, 0.29) is 12.4 Å². The lowest BCUT2D eigenvalue weighted by atomic mass is 10.1. The van der Waals surface area contributed by atoms with Gasteiger partial charge < -0.3 is 9.84 Å². The maximum atomic E-state index is 11.6. The largest absolute Gasteiger partial charge is 0.389 e. The van der Waals surface area contributed by atoms with Gasteiger partial charge in [0.15, 0.2) is 9.84 Å². The summed E-state index contributed by atoms with van der Waals surface area (Å²) in [5.41, 5.74) is 0. The normalized spacial score (nSPS) is 28.6. The molecule has 0 aliphatic carbocycles. The van der Waals surface area contributed by atoms with E-state index in [4.69, 9.17) is 4.74 Å². The fourth-order valence-corrected chi connectivity index (χ4v) is 3.75. The maximum Gasteiger partial charge on any atom is 0.155 e. The van der Waals surface area contributed by atoms with Crippen molar-refractivity contribution in [2.24, 2.45) is 0 Å². The maximum absolute atomic E-state index is 11.6. The van der Waals surface area contributed by atoms with Gasteiger partial charge in [-0.05, 0) is 19.8 Å². The Hall–Kier alpha value is -0.130. The van der Waals surface area contributed by atoms with E-state index >= 15 is 0 Å². The summed E-state index contributed by atoms with van der Waals surface area (Å²) in [4.78, 5) is 0. The molecule has 1 saturated heterocycles. The van der Waals surface area contributed by atoms with Crippen molar-refractivity contribution >= 4 is 9.84 Å². The highest BCUT2D eigenvalue weighted by molar-refractivity contribution is 7.92. The molecule has 5 heteroatoms. The second-order valence-electron chi connectivity index (χ2n) is 3.63. The van der Waals surface area contributed by atoms with Gasteiger partial charge in [0, 0.05) is 6.61 Å². The average molecular weight is 222 g/mol. The lowest BCUT2D eigenvalue weighted by Gasteiger charge is -2.26. The van der Waals surface area contributed by atoms with Crippen LogP contribution in [0.15, 0.2) is 0 Å². The number of sulfone groups is 1.